The van der Waals surface area contributed by atoms with E-state index in [2.05, 4.69) is 197 Å². The van der Waals surface area contributed by atoms with E-state index in [1.165, 1.54) is 48.3 Å². The summed E-state index contributed by atoms with van der Waals surface area (Å²) in [6.07, 6.45) is 0. The molecule has 0 saturated heterocycles. The number of rotatable bonds is 5. The molecular formula is C52H32N4S. The minimum atomic E-state index is 0.724. The molecule has 0 fully saturated rings. The lowest BCUT2D eigenvalue weighted by Gasteiger charge is -2.16. The predicted octanol–water partition coefficient (Wildman–Crippen LogP) is 14.0. The summed E-state index contributed by atoms with van der Waals surface area (Å²) in [5.74, 6) is 0.724. The Labute approximate surface area is 332 Å². The Morgan fingerprint density at radius 1 is 0.386 bits per heavy atom. The van der Waals surface area contributed by atoms with E-state index in [1.807, 2.05) is 6.07 Å². The zero-order chi connectivity index (χ0) is 37.5. The fourth-order valence-electron chi connectivity index (χ4n) is 8.85. The van der Waals surface area contributed by atoms with Gasteiger partial charge in [-0.1, -0.05) is 146 Å². The molecule has 8 aromatic carbocycles. The van der Waals surface area contributed by atoms with Gasteiger partial charge in [-0.05, 0) is 59.7 Å². The topological polar surface area (TPSA) is 35.6 Å². The van der Waals surface area contributed by atoms with Crippen LogP contribution in [0.4, 0.5) is 0 Å². The minimum absolute atomic E-state index is 0.724. The highest BCUT2D eigenvalue weighted by molar-refractivity contribution is 7.26. The second-order valence-corrected chi connectivity index (χ2v) is 15.6. The Hall–Kier alpha value is -7.34. The molecule has 0 unspecified atom stereocenters. The van der Waals surface area contributed by atoms with Gasteiger partial charge in [0.1, 0.15) is 0 Å². The van der Waals surface area contributed by atoms with E-state index in [1.54, 1.807) is 11.3 Å². The first-order chi connectivity index (χ1) is 28.3. The lowest BCUT2D eigenvalue weighted by molar-refractivity contribution is 1.13. The van der Waals surface area contributed by atoms with Gasteiger partial charge in [-0.15, -0.1) is 11.3 Å². The van der Waals surface area contributed by atoms with Crippen LogP contribution in [0.15, 0.2) is 194 Å². The van der Waals surface area contributed by atoms with Gasteiger partial charge in [0.2, 0.25) is 0 Å². The van der Waals surface area contributed by atoms with Crippen molar-refractivity contribution >= 4 is 75.3 Å². The number of hydrogen-bond acceptors (Lipinski definition) is 3. The summed E-state index contributed by atoms with van der Waals surface area (Å²) in [6, 6.07) is 69.6. The van der Waals surface area contributed by atoms with E-state index in [9.17, 15) is 0 Å². The number of aromatic nitrogens is 4. The summed E-state index contributed by atoms with van der Waals surface area (Å²) in [6.45, 7) is 0. The smallest absolute Gasteiger partial charge is 0.160 e. The largest absolute Gasteiger partial charge is 0.309 e. The maximum atomic E-state index is 5.40. The quantitative estimate of drug-likeness (QED) is 0.176. The number of hydrogen-bond donors (Lipinski definition) is 0. The fraction of sp³-hybridized carbons (Fsp3) is 0. The molecule has 0 amide bonds. The molecule has 5 heteroatoms. The number of nitrogens with zero attached hydrogens (tertiary/aromatic N) is 4. The van der Waals surface area contributed by atoms with Crippen molar-refractivity contribution in [1.82, 2.24) is 19.1 Å². The molecular weight excluding hydrogens is 713 g/mol. The monoisotopic (exact) mass is 744 g/mol. The van der Waals surface area contributed by atoms with Crippen LogP contribution < -0.4 is 0 Å². The molecule has 0 N–H and O–H groups in total. The Bertz CT molecular complexity index is 3280. The van der Waals surface area contributed by atoms with Crippen molar-refractivity contribution in [1.29, 1.82) is 0 Å². The second-order valence-electron chi connectivity index (χ2n) is 14.6. The van der Waals surface area contributed by atoms with Crippen LogP contribution >= 0.6 is 11.3 Å². The molecule has 0 atom stereocenters. The Balaban J connectivity index is 1.20. The normalized spacial score (nSPS) is 11.9. The van der Waals surface area contributed by atoms with Gasteiger partial charge in [-0.2, -0.15) is 0 Å². The summed E-state index contributed by atoms with van der Waals surface area (Å²) in [5.41, 5.74) is 13.2. The molecule has 12 rings (SSSR count). The molecule has 0 bridgehead atoms. The molecule has 266 valence electrons. The summed E-state index contributed by atoms with van der Waals surface area (Å²) in [5, 5.41) is 6.09. The Morgan fingerprint density at radius 3 is 1.39 bits per heavy atom. The Morgan fingerprint density at radius 2 is 0.860 bits per heavy atom. The van der Waals surface area contributed by atoms with E-state index in [-0.39, 0.29) is 0 Å². The first-order valence-corrected chi connectivity index (χ1v) is 20.1. The summed E-state index contributed by atoms with van der Waals surface area (Å²) < 4.78 is 7.13. The van der Waals surface area contributed by atoms with Crippen LogP contribution in [0.2, 0.25) is 0 Å². The van der Waals surface area contributed by atoms with Crippen molar-refractivity contribution in [3.05, 3.63) is 194 Å². The fourth-order valence-corrected chi connectivity index (χ4v) is 10.0. The summed E-state index contributed by atoms with van der Waals surface area (Å²) in [4.78, 5) is 10.6. The highest BCUT2D eigenvalue weighted by Crippen LogP contribution is 2.45. The highest BCUT2D eigenvalue weighted by atomic mass is 32.1. The predicted molar refractivity (Wildman–Crippen MR) is 240 cm³/mol. The molecule has 12 aromatic rings. The van der Waals surface area contributed by atoms with E-state index in [0.29, 0.717) is 0 Å². The maximum absolute atomic E-state index is 5.40. The third-order valence-electron chi connectivity index (χ3n) is 11.3. The molecule has 0 aliphatic carbocycles. The van der Waals surface area contributed by atoms with Crippen LogP contribution in [0.25, 0.3) is 109 Å². The van der Waals surface area contributed by atoms with Gasteiger partial charge in [0, 0.05) is 54.1 Å². The average Bonchev–Trinajstić information content (AvgIpc) is 3.94. The van der Waals surface area contributed by atoms with Gasteiger partial charge in [-0.3, -0.25) is 0 Å². The Kier molecular flexibility index (Phi) is 7.06. The second kappa shape index (κ2) is 12.6. The van der Waals surface area contributed by atoms with Crippen molar-refractivity contribution in [2.75, 3.05) is 0 Å². The van der Waals surface area contributed by atoms with Gasteiger partial charge in [0.05, 0.1) is 38.0 Å². The van der Waals surface area contributed by atoms with E-state index < -0.39 is 0 Å². The molecule has 0 spiro atoms. The summed E-state index contributed by atoms with van der Waals surface area (Å²) >= 11 is 1.77. The maximum Gasteiger partial charge on any atom is 0.160 e. The van der Waals surface area contributed by atoms with Gasteiger partial charge >= 0.3 is 0 Å². The summed E-state index contributed by atoms with van der Waals surface area (Å²) in [7, 11) is 0. The first kappa shape index (κ1) is 32.0. The van der Waals surface area contributed by atoms with Gasteiger partial charge in [0.25, 0.3) is 0 Å². The molecule has 57 heavy (non-hydrogen) atoms. The van der Waals surface area contributed by atoms with Crippen LogP contribution in [0, 0.1) is 0 Å². The lowest BCUT2D eigenvalue weighted by Crippen LogP contribution is -2.00. The third-order valence-corrected chi connectivity index (χ3v) is 12.5. The average molecular weight is 745 g/mol. The van der Waals surface area contributed by atoms with Crippen molar-refractivity contribution in [2.45, 2.75) is 0 Å². The van der Waals surface area contributed by atoms with Crippen molar-refractivity contribution in [3.8, 4) is 45.1 Å². The van der Waals surface area contributed by atoms with Crippen molar-refractivity contribution < 1.29 is 0 Å². The van der Waals surface area contributed by atoms with E-state index in [0.717, 1.165) is 60.7 Å². The highest BCUT2D eigenvalue weighted by Gasteiger charge is 2.22. The van der Waals surface area contributed by atoms with Crippen LogP contribution in [0.1, 0.15) is 0 Å². The lowest BCUT2D eigenvalue weighted by atomic mass is 9.99. The molecule has 0 saturated carbocycles. The number of para-hydroxylation sites is 4. The van der Waals surface area contributed by atoms with Gasteiger partial charge in [-0.25, -0.2) is 9.97 Å². The molecule has 0 aliphatic rings. The molecule has 4 heterocycles. The number of fused-ring (bicyclic) bond motifs is 9. The molecule has 0 aliphatic heterocycles. The first-order valence-electron chi connectivity index (χ1n) is 19.3. The van der Waals surface area contributed by atoms with E-state index in [4.69, 9.17) is 9.97 Å². The van der Waals surface area contributed by atoms with Crippen LogP contribution in [0.3, 0.4) is 0 Å². The van der Waals surface area contributed by atoms with Gasteiger partial charge < -0.3 is 9.13 Å². The zero-order valence-corrected chi connectivity index (χ0v) is 31.5. The van der Waals surface area contributed by atoms with Crippen LogP contribution in [-0.2, 0) is 0 Å². The van der Waals surface area contributed by atoms with Crippen molar-refractivity contribution in [3.63, 3.8) is 0 Å². The van der Waals surface area contributed by atoms with E-state index >= 15 is 0 Å². The minimum Gasteiger partial charge on any atom is -0.309 e. The van der Waals surface area contributed by atoms with Crippen molar-refractivity contribution in [2.24, 2.45) is 0 Å². The number of benzene rings is 8. The molecule has 4 aromatic heterocycles. The van der Waals surface area contributed by atoms with Crippen LogP contribution in [0.5, 0.6) is 0 Å². The SMILES string of the molecule is c1ccc(-c2nc(-c3ccccc3)c3sc4cccc(-c5cc(-n6c7ccccc7c7ccccc76)cc(-n6c7ccccc7c7ccccc76)c5)c4c3n2)cc1. The standard InChI is InChI=1S/C52H32N4S/c1-3-16-33(17-4-1)49-51-50(54-52(53-49)34-18-5-2-6-19-34)48-38(24-15-29-47(48)57-51)35-30-36(55-43-25-11-7-20-39(43)40-21-8-12-26-44(40)55)32-37(31-35)56-45-27-13-9-22-41(45)42-23-10-14-28-46(42)56/h1-32H. The molecule has 0 radical (unpaired) electrons. The van der Waals surface area contributed by atoms with Crippen LogP contribution in [-0.4, -0.2) is 19.1 Å². The number of thiophene rings is 1. The third kappa shape index (κ3) is 4.93. The zero-order valence-electron chi connectivity index (χ0n) is 30.7. The molecule has 4 nitrogen and oxygen atoms in total. The van der Waals surface area contributed by atoms with Gasteiger partial charge in [0.15, 0.2) is 5.82 Å².